The Morgan fingerprint density at radius 1 is 0.696 bits per heavy atom. The minimum absolute atomic E-state index is 0.348. The summed E-state index contributed by atoms with van der Waals surface area (Å²) in [5, 5.41) is 10.4. The van der Waals surface area contributed by atoms with Crippen LogP contribution in [0.15, 0.2) is 78.9 Å². The fourth-order valence-corrected chi connectivity index (χ4v) is 3.62. The van der Waals surface area contributed by atoms with E-state index >= 15 is 0 Å². The minimum atomic E-state index is -0.348. The summed E-state index contributed by atoms with van der Waals surface area (Å²) in [5.74, 6) is 0.393. The quantitative estimate of drug-likeness (QED) is 0.696. The van der Waals surface area contributed by atoms with Crippen molar-refractivity contribution in [3.63, 3.8) is 0 Å². The first-order valence-electron chi connectivity index (χ1n) is 8.22. The monoisotopic (exact) mass is 300 g/mol. The van der Waals surface area contributed by atoms with Crippen LogP contribution in [-0.4, -0.2) is 5.11 Å². The molecular weight excluding hydrogens is 280 g/mol. The lowest BCUT2D eigenvalue weighted by Gasteiger charge is -2.29. The van der Waals surface area contributed by atoms with Gasteiger partial charge >= 0.3 is 0 Å². The van der Waals surface area contributed by atoms with E-state index in [1.54, 1.807) is 0 Å². The number of rotatable bonds is 2. The maximum Gasteiger partial charge on any atom is 0.0798 e. The van der Waals surface area contributed by atoms with Crippen LogP contribution in [0.5, 0.6) is 0 Å². The number of aliphatic hydroxyl groups excluding tert-OH is 1. The van der Waals surface area contributed by atoms with Crippen molar-refractivity contribution in [3.8, 4) is 11.1 Å². The summed E-state index contributed by atoms with van der Waals surface area (Å²) in [6.07, 6.45) is 1.47. The highest BCUT2D eigenvalue weighted by molar-refractivity contribution is 5.63. The highest BCUT2D eigenvalue weighted by Crippen LogP contribution is 2.38. The first kappa shape index (κ1) is 14.2. The van der Waals surface area contributed by atoms with Crippen LogP contribution in [-0.2, 0) is 6.42 Å². The average molecular weight is 300 g/mol. The normalized spacial score (nSPS) is 20.0. The van der Waals surface area contributed by atoms with Gasteiger partial charge in [-0.1, -0.05) is 78.9 Å². The van der Waals surface area contributed by atoms with E-state index in [0.29, 0.717) is 5.92 Å². The van der Waals surface area contributed by atoms with E-state index in [0.717, 1.165) is 18.4 Å². The fraction of sp³-hybridized carbons (Fsp3) is 0.182. The molecule has 1 aliphatic carbocycles. The molecule has 0 saturated heterocycles. The zero-order valence-electron chi connectivity index (χ0n) is 13.0. The van der Waals surface area contributed by atoms with E-state index < -0.39 is 0 Å². The molecule has 0 unspecified atom stereocenters. The van der Waals surface area contributed by atoms with Gasteiger partial charge in [-0.05, 0) is 46.6 Å². The Bertz CT molecular complexity index is 790. The summed E-state index contributed by atoms with van der Waals surface area (Å²) in [6.45, 7) is 0. The Kier molecular flexibility index (Phi) is 3.72. The second kappa shape index (κ2) is 6.02. The van der Waals surface area contributed by atoms with Crippen LogP contribution < -0.4 is 0 Å². The summed E-state index contributed by atoms with van der Waals surface area (Å²) in [6, 6.07) is 27.5. The Morgan fingerprint density at radius 3 is 2.13 bits per heavy atom. The van der Waals surface area contributed by atoms with Crippen LogP contribution in [0.3, 0.4) is 0 Å². The summed E-state index contributed by atoms with van der Waals surface area (Å²) < 4.78 is 0. The number of aliphatic hydroxyl groups is 1. The first-order chi connectivity index (χ1) is 11.3. The molecule has 0 radical (unpaired) electrons. The van der Waals surface area contributed by atoms with Crippen molar-refractivity contribution in [2.75, 3.05) is 0 Å². The second-order valence-corrected chi connectivity index (χ2v) is 6.34. The third kappa shape index (κ3) is 2.80. The van der Waals surface area contributed by atoms with Crippen LogP contribution in [0.1, 0.15) is 35.1 Å². The van der Waals surface area contributed by atoms with Crippen molar-refractivity contribution in [1.29, 1.82) is 0 Å². The number of fused-ring (bicyclic) bond motifs is 1. The van der Waals surface area contributed by atoms with Gasteiger partial charge in [0, 0.05) is 0 Å². The van der Waals surface area contributed by atoms with Crippen molar-refractivity contribution >= 4 is 0 Å². The molecule has 1 heteroatoms. The van der Waals surface area contributed by atoms with Gasteiger partial charge in [-0.15, -0.1) is 0 Å². The lowest BCUT2D eigenvalue weighted by molar-refractivity contribution is 0.147. The van der Waals surface area contributed by atoms with Crippen molar-refractivity contribution in [2.45, 2.75) is 24.9 Å². The molecule has 4 rings (SSSR count). The Hall–Kier alpha value is -2.38. The predicted molar refractivity (Wildman–Crippen MR) is 94.3 cm³/mol. The zero-order chi connectivity index (χ0) is 15.6. The molecule has 0 bridgehead atoms. The average Bonchev–Trinajstić information content (AvgIpc) is 2.63. The molecule has 2 atom stereocenters. The molecule has 1 nitrogen and oxygen atoms in total. The molecule has 114 valence electrons. The molecule has 0 spiro atoms. The Morgan fingerprint density at radius 2 is 1.35 bits per heavy atom. The van der Waals surface area contributed by atoms with Gasteiger partial charge in [0.15, 0.2) is 0 Å². The lowest BCUT2D eigenvalue weighted by atomic mass is 9.78. The van der Waals surface area contributed by atoms with E-state index in [-0.39, 0.29) is 6.10 Å². The van der Waals surface area contributed by atoms with Gasteiger partial charge < -0.3 is 5.11 Å². The van der Waals surface area contributed by atoms with Gasteiger partial charge in [0.2, 0.25) is 0 Å². The molecule has 0 amide bonds. The van der Waals surface area contributed by atoms with Crippen LogP contribution in [0.2, 0.25) is 0 Å². The third-order valence-electron chi connectivity index (χ3n) is 4.88. The largest absolute Gasteiger partial charge is 0.388 e. The smallest absolute Gasteiger partial charge is 0.0798 e. The lowest BCUT2D eigenvalue weighted by Crippen LogP contribution is -2.17. The van der Waals surface area contributed by atoms with Crippen molar-refractivity contribution in [1.82, 2.24) is 0 Å². The molecular formula is C22H20O. The highest BCUT2D eigenvalue weighted by Gasteiger charge is 2.26. The van der Waals surface area contributed by atoms with Crippen molar-refractivity contribution in [2.24, 2.45) is 0 Å². The molecule has 1 N–H and O–H groups in total. The predicted octanol–water partition coefficient (Wildman–Crippen LogP) is 5.12. The zero-order valence-corrected chi connectivity index (χ0v) is 13.0. The van der Waals surface area contributed by atoms with Gasteiger partial charge in [0.25, 0.3) is 0 Å². The number of hydrogen-bond donors (Lipinski definition) is 1. The molecule has 0 fully saturated rings. The molecule has 0 heterocycles. The SMILES string of the molecule is O[C@H]1C[C@H](c2ccc(-c3ccccc3)cc2)Cc2ccccc21. The van der Waals surface area contributed by atoms with Crippen molar-refractivity contribution < 1.29 is 5.11 Å². The van der Waals surface area contributed by atoms with Gasteiger partial charge in [-0.2, -0.15) is 0 Å². The second-order valence-electron chi connectivity index (χ2n) is 6.34. The Labute approximate surface area is 137 Å². The van der Waals surface area contributed by atoms with Crippen LogP contribution >= 0.6 is 0 Å². The molecule has 0 aliphatic heterocycles. The fourth-order valence-electron chi connectivity index (χ4n) is 3.62. The molecule has 1 aliphatic rings. The summed E-state index contributed by atoms with van der Waals surface area (Å²) in [5.41, 5.74) is 6.19. The molecule has 0 saturated carbocycles. The van der Waals surface area contributed by atoms with E-state index in [1.165, 1.54) is 22.3 Å². The van der Waals surface area contributed by atoms with Crippen LogP contribution in [0.25, 0.3) is 11.1 Å². The maximum absolute atomic E-state index is 10.4. The molecule has 3 aromatic rings. The van der Waals surface area contributed by atoms with E-state index in [4.69, 9.17) is 0 Å². The van der Waals surface area contributed by atoms with Gasteiger partial charge in [-0.3, -0.25) is 0 Å². The number of hydrogen-bond acceptors (Lipinski definition) is 1. The third-order valence-corrected chi connectivity index (χ3v) is 4.88. The standard InChI is InChI=1S/C22H20O/c23-22-15-20(14-19-8-4-5-9-21(19)22)18-12-10-17(11-13-18)16-6-2-1-3-7-16/h1-13,20,22-23H,14-15H2/t20-,22+/m1/s1. The number of benzene rings is 3. The summed E-state index contributed by atoms with van der Waals surface area (Å²) in [4.78, 5) is 0. The summed E-state index contributed by atoms with van der Waals surface area (Å²) in [7, 11) is 0. The van der Waals surface area contributed by atoms with Crippen molar-refractivity contribution in [3.05, 3.63) is 95.6 Å². The highest BCUT2D eigenvalue weighted by atomic mass is 16.3. The molecule has 23 heavy (non-hydrogen) atoms. The van der Waals surface area contributed by atoms with E-state index in [9.17, 15) is 5.11 Å². The van der Waals surface area contributed by atoms with Crippen LogP contribution in [0, 0.1) is 0 Å². The van der Waals surface area contributed by atoms with Gasteiger partial charge in [-0.25, -0.2) is 0 Å². The van der Waals surface area contributed by atoms with Gasteiger partial charge in [0.05, 0.1) is 6.10 Å². The Balaban J connectivity index is 1.60. The van der Waals surface area contributed by atoms with E-state index in [1.807, 2.05) is 12.1 Å². The minimum Gasteiger partial charge on any atom is -0.388 e. The maximum atomic E-state index is 10.4. The van der Waals surface area contributed by atoms with E-state index in [2.05, 4.69) is 66.7 Å². The topological polar surface area (TPSA) is 20.2 Å². The summed E-state index contributed by atoms with van der Waals surface area (Å²) >= 11 is 0. The first-order valence-corrected chi connectivity index (χ1v) is 8.22. The van der Waals surface area contributed by atoms with Crippen LogP contribution in [0.4, 0.5) is 0 Å². The molecule has 0 aromatic heterocycles. The molecule has 3 aromatic carbocycles. The van der Waals surface area contributed by atoms with Gasteiger partial charge in [0.1, 0.15) is 0 Å².